The van der Waals surface area contributed by atoms with E-state index in [0.717, 1.165) is 0 Å². The molecule has 2 aromatic rings. The predicted molar refractivity (Wildman–Crippen MR) is 123 cm³/mol. The van der Waals surface area contributed by atoms with Gasteiger partial charge in [-0.2, -0.15) is 5.26 Å². The number of hydrogen-bond acceptors (Lipinski definition) is 6. The fraction of sp³-hybridized carbons (Fsp3) is 0.273. The minimum Gasteiger partial charge on any atom is -0.341 e. The average molecular weight is 491 g/mol. The van der Waals surface area contributed by atoms with Crippen molar-refractivity contribution in [2.75, 3.05) is 19.3 Å². The van der Waals surface area contributed by atoms with Crippen molar-refractivity contribution in [1.82, 2.24) is 15.5 Å². The Morgan fingerprint density at radius 2 is 1.70 bits per heavy atom. The molecule has 1 atom stereocenters. The van der Waals surface area contributed by atoms with Gasteiger partial charge < -0.3 is 10.6 Å². The van der Waals surface area contributed by atoms with Crippen molar-refractivity contribution in [3.05, 3.63) is 70.7 Å². The number of urea groups is 1. The Morgan fingerprint density at radius 1 is 1.09 bits per heavy atom. The Labute approximate surface area is 197 Å². The molecule has 0 unspecified atom stereocenters. The van der Waals surface area contributed by atoms with Crippen LogP contribution < -0.4 is 10.6 Å². The molecule has 0 radical (unpaired) electrons. The Morgan fingerprint density at radius 3 is 2.21 bits per heavy atom. The van der Waals surface area contributed by atoms with Crippen LogP contribution in [0.4, 0.5) is 4.79 Å². The van der Waals surface area contributed by atoms with Gasteiger partial charge in [0.05, 0.1) is 11.5 Å². The maximum absolute atomic E-state index is 13.3. The second kappa shape index (κ2) is 10.9. The minimum absolute atomic E-state index is 0.114. The lowest BCUT2D eigenvalue weighted by molar-refractivity contribution is -0.132. The van der Waals surface area contributed by atoms with Crippen molar-refractivity contribution in [1.29, 1.82) is 5.26 Å². The van der Waals surface area contributed by atoms with Gasteiger partial charge in [-0.25, -0.2) is 13.2 Å². The van der Waals surface area contributed by atoms with E-state index >= 15 is 0 Å². The summed E-state index contributed by atoms with van der Waals surface area (Å²) in [5.41, 5.74) is -2.05. The van der Waals surface area contributed by atoms with Gasteiger partial charge in [-0.3, -0.25) is 14.5 Å². The van der Waals surface area contributed by atoms with Gasteiger partial charge in [0.25, 0.3) is 11.8 Å². The fourth-order valence-corrected chi connectivity index (χ4v) is 4.92. The molecule has 33 heavy (non-hydrogen) atoms. The summed E-state index contributed by atoms with van der Waals surface area (Å²) in [6.45, 7) is 1.33. The largest absolute Gasteiger partial charge is 0.341 e. The van der Waals surface area contributed by atoms with E-state index in [2.05, 4.69) is 10.6 Å². The number of carbonyl (C=O) groups is 3. The van der Waals surface area contributed by atoms with Crippen molar-refractivity contribution < 1.29 is 22.8 Å². The fourth-order valence-electron chi connectivity index (χ4n) is 3.08. The number of imide groups is 1. The van der Waals surface area contributed by atoms with Crippen molar-refractivity contribution in [3.8, 4) is 6.07 Å². The first kappa shape index (κ1) is 25.8. The summed E-state index contributed by atoms with van der Waals surface area (Å²) < 4.78 is 26.1. The third-order valence-electron chi connectivity index (χ3n) is 4.68. The van der Waals surface area contributed by atoms with Crippen molar-refractivity contribution in [2.45, 2.75) is 18.2 Å². The molecule has 0 aliphatic heterocycles. The number of carbonyl (C=O) groups excluding carboxylic acids is 3. The molecule has 11 heteroatoms. The van der Waals surface area contributed by atoms with E-state index < -0.39 is 44.7 Å². The smallest absolute Gasteiger partial charge is 0.323 e. The Bertz CT molecular complexity index is 1160. The standard InChI is InChI=1S/C22H23ClN4O5S/c1-3-27(21(30)25-2)20(29)22(14-24,26-19(28)17-7-5-4-6-8-17)15-33(31,32)13-16-9-11-18(23)12-10-16/h4-12H,3,13,15H2,1-2H3,(H,25,30)(H,26,28)/t22-/m0/s1. The number of amides is 4. The zero-order valence-electron chi connectivity index (χ0n) is 18.0. The van der Waals surface area contributed by atoms with Crippen LogP contribution in [0.3, 0.4) is 0 Å². The van der Waals surface area contributed by atoms with Gasteiger partial charge in [-0.05, 0) is 36.8 Å². The lowest BCUT2D eigenvalue weighted by Gasteiger charge is -2.31. The van der Waals surface area contributed by atoms with Crippen LogP contribution in [0, 0.1) is 11.3 Å². The number of nitrogens with one attached hydrogen (secondary N) is 2. The summed E-state index contributed by atoms with van der Waals surface area (Å²) in [4.78, 5) is 39.0. The highest BCUT2D eigenvalue weighted by Gasteiger charge is 2.48. The van der Waals surface area contributed by atoms with Gasteiger partial charge in [-0.1, -0.05) is 41.9 Å². The predicted octanol–water partition coefficient (Wildman–Crippen LogP) is 2.14. The van der Waals surface area contributed by atoms with Crippen LogP contribution in [0.15, 0.2) is 54.6 Å². The Balaban J connectivity index is 2.48. The maximum Gasteiger partial charge on any atom is 0.323 e. The molecule has 0 heterocycles. The summed E-state index contributed by atoms with van der Waals surface area (Å²) >= 11 is 5.84. The van der Waals surface area contributed by atoms with Gasteiger partial charge >= 0.3 is 6.03 Å². The molecule has 0 saturated carbocycles. The van der Waals surface area contributed by atoms with E-state index in [1.807, 2.05) is 0 Å². The molecule has 9 nitrogen and oxygen atoms in total. The normalized spacial score (nSPS) is 12.7. The summed E-state index contributed by atoms with van der Waals surface area (Å²) in [7, 11) is -2.84. The zero-order valence-corrected chi connectivity index (χ0v) is 19.6. The minimum atomic E-state index is -4.12. The third-order valence-corrected chi connectivity index (χ3v) is 6.57. The quantitative estimate of drug-likeness (QED) is 0.581. The van der Waals surface area contributed by atoms with Gasteiger partial charge in [0.1, 0.15) is 6.07 Å². The van der Waals surface area contributed by atoms with E-state index in [-0.39, 0.29) is 12.1 Å². The van der Waals surface area contributed by atoms with Crippen molar-refractivity contribution in [2.24, 2.45) is 0 Å². The monoisotopic (exact) mass is 490 g/mol. The molecule has 2 rings (SSSR count). The average Bonchev–Trinajstić information content (AvgIpc) is 2.80. The second-order valence-corrected chi connectivity index (χ2v) is 9.60. The highest BCUT2D eigenvalue weighted by atomic mass is 35.5. The first-order valence-electron chi connectivity index (χ1n) is 9.85. The SMILES string of the molecule is CCN(C(=O)NC)C(=O)[C@](C#N)(CS(=O)(=O)Cc1ccc(Cl)cc1)NC(=O)c1ccccc1. The van der Waals surface area contributed by atoms with Crippen LogP contribution in [0.25, 0.3) is 0 Å². The van der Waals surface area contributed by atoms with Crippen LogP contribution in [-0.4, -0.2) is 56.0 Å². The maximum atomic E-state index is 13.3. The summed E-state index contributed by atoms with van der Waals surface area (Å²) in [6, 6.07) is 14.5. The lowest BCUT2D eigenvalue weighted by Crippen LogP contribution is -2.64. The number of benzene rings is 2. The highest BCUT2D eigenvalue weighted by molar-refractivity contribution is 7.90. The molecular formula is C22H23ClN4O5S. The molecule has 4 amide bonds. The second-order valence-electron chi connectivity index (χ2n) is 7.10. The van der Waals surface area contributed by atoms with Crippen molar-refractivity contribution >= 4 is 39.3 Å². The molecule has 0 aliphatic rings. The van der Waals surface area contributed by atoms with E-state index in [0.29, 0.717) is 15.5 Å². The molecule has 0 spiro atoms. The molecule has 2 N–H and O–H groups in total. The topological polar surface area (TPSA) is 136 Å². The number of nitrogens with zero attached hydrogens (tertiary/aromatic N) is 2. The number of sulfone groups is 1. The molecule has 2 aromatic carbocycles. The van der Waals surface area contributed by atoms with Gasteiger partial charge in [-0.15, -0.1) is 0 Å². The molecule has 0 bridgehead atoms. The Kier molecular flexibility index (Phi) is 8.56. The van der Waals surface area contributed by atoms with Gasteiger partial charge in [0.15, 0.2) is 9.84 Å². The van der Waals surface area contributed by atoms with E-state index in [9.17, 15) is 28.1 Å². The summed E-state index contributed by atoms with van der Waals surface area (Å²) in [5, 5.41) is 14.9. The third kappa shape index (κ3) is 6.54. The zero-order chi connectivity index (χ0) is 24.6. The van der Waals surface area contributed by atoms with Crippen LogP contribution in [0.2, 0.25) is 5.02 Å². The van der Waals surface area contributed by atoms with Gasteiger partial charge in [0, 0.05) is 24.2 Å². The summed E-state index contributed by atoms with van der Waals surface area (Å²) in [5.74, 6) is -3.53. The van der Waals surface area contributed by atoms with E-state index in [4.69, 9.17) is 11.6 Å². The van der Waals surface area contributed by atoms with Crippen molar-refractivity contribution in [3.63, 3.8) is 0 Å². The van der Waals surface area contributed by atoms with Crippen LogP contribution >= 0.6 is 11.6 Å². The number of halogens is 1. The molecule has 0 fully saturated rings. The van der Waals surface area contributed by atoms with Crippen LogP contribution in [0.1, 0.15) is 22.8 Å². The number of nitriles is 1. The highest BCUT2D eigenvalue weighted by Crippen LogP contribution is 2.19. The number of likely N-dealkylation sites (N-methyl/N-ethyl adjacent to an activating group) is 1. The molecule has 174 valence electrons. The first-order chi connectivity index (χ1) is 15.6. The first-order valence-corrected chi connectivity index (χ1v) is 12.0. The van der Waals surface area contributed by atoms with E-state index in [1.54, 1.807) is 24.3 Å². The molecule has 0 saturated heterocycles. The number of hydrogen-bond donors (Lipinski definition) is 2. The van der Waals surface area contributed by atoms with Crippen LogP contribution in [-0.2, 0) is 20.4 Å². The van der Waals surface area contributed by atoms with Gasteiger partial charge in [0.2, 0.25) is 5.54 Å². The Hall–Kier alpha value is -3.42. The number of rotatable bonds is 8. The summed E-state index contributed by atoms with van der Waals surface area (Å²) in [6.07, 6.45) is 0. The molecular weight excluding hydrogens is 468 g/mol. The lowest BCUT2D eigenvalue weighted by atomic mass is 10.0. The van der Waals surface area contributed by atoms with Crippen LogP contribution in [0.5, 0.6) is 0 Å². The molecule has 0 aliphatic carbocycles. The molecule has 0 aromatic heterocycles. The van der Waals surface area contributed by atoms with E-state index in [1.165, 1.54) is 50.4 Å².